The summed E-state index contributed by atoms with van der Waals surface area (Å²) >= 11 is 0. The third kappa shape index (κ3) is 2.78. The van der Waals surface area contributed by atoms with Gasteiger partial charge in [0.25, 0.3) is 0 Å². The first-order chi connectivity index (χ1) is 7.79. The number of hydrogen-bond acceptors (Lipinski definition) is 1. The molecule has 0 aromatic heterocycles. The Morgan fingerprint density at radius 3 is 2.50 bits per heavy atom. The second-order valence-corrected chi connectivity index (χ2v) is 5.11. The predicted octanol–water partition coefficient (Wildman–Crippen LogP) is 4.24. The van der Waals surface area contributed by atoms with Gasteiger partial charge in [-0.05, 0) is 42.9 Å². The van der Waals surface area contributed by atoms with E-state index >= 15 is 0 Å². The number of hydrogen-bond donors (Lipinski definition) is 1. The predicted molar refractivity (Wildman–Crippen MR) is 70.9 cm³/mol. The molecule has 1 fully saturated rings. The van der Waals surface area contributed by atoms with Crippen LogP contribution < -0.4 is 5.32 Å². The summed E-state index contributed by atoms with van der Waals surface area (Å²) in [5, 5.41) is 3.66. The highest BCUT2D eigenvalue weighted by atomic mass is 14.9. The Morgan fingerprint density at radius 2 is 1.94 bits per heavy atom. The Kier molecular flexibility index (Phi) is 3.87. The van der Waals surface area contributed by atoms with E-state index in [4.69, 9.17) is 0 Å². The smallest absolute Gasteiger partial charge is 0.0342 e. The van der Waals surface area contributed by atoms with Gasteiger partial charge in [0.1, 0.15) is 0 Å². The van der Waals surface area contributed by atoms with E-state index in [2.05, 4.69) is 43.4 Å². The highest BCUT2D eigenvalue weighted by molar-refractivity contribution is 5.45. The quantitative estimate of drug-likeness (QED) is 0.795. The van der Waals surface area contributed by atoms with E-state index < -0.39 is 0 Å². The normalized spacial score (nSPS) is 24.6. The number of aryl methyl sites for hydroxylation is 1. The van der Waals surface area contributed by atoms with Crippen molar-refractivity contribution >= 4 is 5.69 Å². The van der Waals surface area contributed by atoms with Crippen LogP contribution in [-0.4, -0.2) is 6.04 Å². The molecule has 0 saturated heterocycles. The van der Waals surface area contributed by atoms with Crippen molar-refractivity contribution in [2.24, 2.45) is 5.92 Å². The summed E-state index contributed by atoms with van der Waals surface area (Å²) in [6.07, 6.45) is 6.52. The molecule has 0 heterocycles. The van der Waals surface area contributed by atoms with Gasteiger partial charge >= 0.3 is 0 Å². The first-order valence-corrected chi connectivity index (χ1v) is 6.65. The summed E-state index contributed by atoms with van der Waals surface area (Å²) in [4.78, 5) is 0. The Hall–Kier alpha value is -0.980. The zero-order valence-corrected chi connectivity index (χ0v) is 10.5. The van der Waals surface area contributed by atoms with Crippen LogP contribution in [-0.2, 0) is 6.42 Å². The molecule has 1 aromatic carbocycles. The lowest BCUT2D eigenvalue weighted by Crippen LogP contribution is -2.21. The summed E-state index contributed by atoms with van der Waals surface area (Å²) in [5.74, 6) is 0.829. The van der Waals surface area contributed by atoms with Crippen molar-refractivity contribution in [3.8, 4) is 0 Å². The summed E-state index contributed by atoms with van der Waals surface area (Å²) in [7, 11) is 0. The lowest BCUT2D eigenvalue weighted by molar-refractivity contribution is 0.556. The molecule has 1 N–H and O–H groups in total. The van der Waals surface area contributed by atoms with Crippen molar-refractivity contribution in [2.45, 2.75) is 52.0 Å². The van der Waals surface area contributed by atoms with Crippen LogP contribution in [0.15, 0.2) is 24.3 Å². The van der Waals surface area contributed by atoms with Gasteiger partial charge in [0.05, 0.1) is 0 Å². The van der Waals surface area contributed by atoms with E-state index in [1.54, 1.807) is 0 Å². The van der Waals surface area contributed by atoms with Crippen molar-refractivity contribution < 1.29 is 0 Å². The van der Waals surface area contributed by atoms with Gasteiger partial charge in [-0.2, -0.15) is 0 Å². The largest absolute Gasteiger partial charge is 0.382 e. The van der Waals surface area contributed by atoms with Crippen LogP contribution in [0.3, 0.4) is 0 Å². The molecule has 0 bridgehead atoms. The molecule has 2 rings (SSSR count). The number of rotatable bonds is 4. The van der Waals surface area contributed by atoms with Crippen molar-refractivity contribution in [2.75, 3.05) is 5.32 Å². The molecule has 0 spiro atoms. The number of benzene rings is 1. The third-order valence-corrected chi connectivity index (χ3v) is 3.71. The summed E-state index contributed by atoms with van der Waals surface area (Å²) < 4.78 is 0. The highest BCUT2D eigenvalue weighted by Gasteiger charge is 2.22. The highest BCUT2D eigenvalue weighted by Crippen LogP contribution is 2.28. The van der Waals surface area contributed by atoms with E-state index in [1.165, 1.54) is 43.4 Å². The Bertz CT molecular complexity index is 315. The van der Waals surface area contributed by atoms with Crippen LogP contribution in [0.1, 0.15) is 45.1 Å². The molecule has 2 atom stereocenters. The topological polar surface area (TPSA) is 12.0 Å². The zero-order chi connectivity index (χ0) is 11.4. The fourth-order valence-electron chi connectivity index (χ4n) is 2.63. The van der Waals surface area contributed by atoms with Gasteiger partial charge in [-0.1, -0.05) is 38.8 Å². The van der Waals surface area contributed by atoms with Gasteiger partial charge < -0.3 is 5.32 Å². The lowest BCUT2D eigenvalue weighted by atomic mass is 10.1. The van der Waals surface area contributed by atoms with Gasteiger partial charge in [-0.15, -0.1) is 0 Å². The first-order valence-electron chi connectivity index (χ1n) is 6.65. The van der Waals surface area contributed by atoms with Gasteiger partial charge in [0.2, 0.25) is 0 Å². The van der Waals surface area contributed by atoms with Crippen LogP contribution in [0.5, 0.6) is 0 Å². The minimum absolute atomic E-state index is 0.692. The average Bonchev–Trinajstić information content (AvgIpc) is 2.68. The molecular formula is C15H23N. The van der Waals surface area contributed by atoms with Crippen LogP contribution >= 0.6 is 0 Å². The van der Waals surface area contributed by atoms with Crippen molar-refractivity contribution in [1.29, 1.82) is 0 Å². The van der Waals surface area contributed by atoms with Crippen LogP contribution in [0.2, 0.25) is 0 Å². The SMILES string of the molecule is CCCc1ccc(NC2CCCC2C)cc1. The standard InChI is InChI=1S/C15H23N/c1-3-5-13-8-10-14(11-9-13)16-15-7-4-6-12(15)2/h8-12,15-16H,3-7H2,1-2H3. The van der Waals surface area contributed by atoms with Crippen molar-refractivity contribution in [3.63, 3.8) is 0 Å². The molecule has 1 aliphatic rings. The van der Waals surface area contributed by atoms with Gasteiger partial charge in [-0.3, -0.25) is 0 Å². The van der Waals surface area contributed by atoms with Gasteiger partial charge in [0, 0.05) is 11.7 Å². The summed E-state index contributed by atoms with van der Waals surface area (Å²) in [5.41, 5.74) is 2.74. The van der Waals surface area contributed by atoms with E-state index in [0.29, 0.717) is 6.04 Å². The Morgan fingerprint density at radius 1 is 1.19 bits per heavy atom. The maximum atomic E-state index is 3.66. The third-order valence-electron chi connectivity index (χ3n) is 3.71. The zero-order valence-electron chi connectivity index (χ0n) is 10.5. The van der Waals surface area contributed by atoms with Crippen LogP contribution in [0.25, 0.3) is 0 Å². The maximum absolute atomic E-state index is 3.66. The monoisotopic (exact) mass is 217 g/mol. The van der Waals surface area contributed by atoms with Crippen molar-refractivity contribution in [1.82, 2.24) is 0 Å². The molecule has 0 amide bonds. The van der Waals surface area contributed by atoms with Crippen molar-refractivity contribution in [3.05, 3.63) is 29.8 Å². The fourth-order valence-corrected chi connectivity index (χ4v) is 2.63. The van der Waals surface area contributed by atoms with Crippen LogP contribution in [0.4, 0.5) is 5.69 Å². The first kappa shape index (κ1) is 11.5. The molecule has 1 nitrogen and oxygen atoms in total. The number of nitrogens with one attached hydrogen (secondary N) is 1. The van der Waals surface area contributed by atoms with E-state index in [-0.39, 0.29) is 0 Å². The van der Waals surface area contributed by atoms with E-state index in [9.17, 15) is 0 Å². The Labute approximate surface area is 99.3 Å². The minimum Gasteiger partial charge on any atom is -0.382 e. The summed E-state index contributed by atoms with van der Waals surface area (Å²) in [6.45, 7) is 4.59. The average molecular weight is 217 g/mol. The second-order valence-electron chi connectivity index (χ2n) is 5.11. The molecule has 16 heavy (non-hydrogen) atoms. The van der Waals surface area contributed by atoms with E-state index in [1.807, 2.05) is 0 Å². The fraction of sp³-hybridized carbons (Fsp3) is 0.600. The Balaban J connectivity index is 1.94. The number of anilines is 1. The second kappa shape index (κ2) is 5.38. The lowest BCUT2D eigenvalue weighted by Gasteiger charge is -2.18. The molecule has 1 heteroatoms. The molecule has 0 radical (unpaired) electrons. The van der Waals surface area contributed by atoms with Crippen LogP contribution in [0, 0.1) is 5.92 Å². The molecule has 2 unspecified atom stereocenters. The van der Waals surface area contributed by atoms with Gasteiger partial charge in [0.15, 0.2) is 0 Å². The molecule has 1 aliphatic carbocycles. The minimum atomic E-state index is 0.692. The summed E-state index contributed by atoms with van der Waals surface area (Å²) in [6, 6.07) is 9.67. The van der Waals surface area contributed by atoms with Gasteiger partial charge in [-0.25, -0.2) is 0 Å². The maximum Gasteiger partial charge on any atom is 0.0342 e. The molecule has 88 valence electrons. The molecule has 1 aromatic rings. The molecular weight excluding hydrogens is 194 g/mol. The molecule has 0 aliphatic heterocycles. The molecule has 1 saturated carbocycles. The van der Waals surface area contributed by atoms with E-state index in [0.717, 1.165) is 5.92 Å².